The molecule has 1 saturated heterocycles. The Morgan fingerprint density at radius 3 is 2.48 bits per heavy atom. The summed E-state index contributed by atoms with van der Waals surface area (Å²) in [7, 11) is 0. The molecule has 0 aromatic heterocycles. The van der Waals surface area contributed by atoms with Crippen LogP contribution in [0.3, 0.4) is 0 Å². The molecule has 1 aromatic rings. The Bertz CT molecular complexity index is 566. The lowest BCUT2D eigenvalue weighted by Gasteiger charge is -2.41. The first-order chi connectivity index (χ1) is 9.71. The minimum absolute atomic E-state index is 0.0606. The van der Waals surface area contributed by atoms with Crippen molar-refractivity contribution >= 4 is 23.4 Å². The number of nitrogens with zero attached hydrogens (tertiary/aromatic N) is 1. The smallest absolute Gasteiger partial charge is 0.246 e. The summed E-state index contributed by atoms with van der Waals surface area (Å²) >= 11 is 6.21. The number of carbonyl (C=O) groups is 2. The molecule has 1 aliphatic heterocycles. The molecule has 21 heavy (non-hydrogen) atoms. The second-order valence-corrected chi connectivity index (χ2v) is 6.94. The van der Waals surface area contributed by atoms with Gasteiger partial charge in [-0.2, -0.15) is 0 Å². The first-order valence-electron chi connectivity index (χ1n) is 7.06. The van der Waals surface area contributed by atoms with Crippen molar-refractivity contribution in [1.29, 1.82) is 0 Å². The summed E-state index contributed by atoms with van der Waals surface area (Å²) in [5.41, 5.74) is 0.529. The summed E-state index contributed by atoms with van der Waals surface area (Å²) in [6.45, 7) is 7.80. The predicted molar refractivity (Wildman–Crippen MR) is 83.0 cm³/mol. The lowest BCUT2D eigenvalue weighted by molar-refractivity contribution is -0.149. The molecular formula is C16H21ClN2O2. The molecule has 2 unspecified atom stereocenters. The van der Waals surface area contributed by atoms with E-state index in [1.807, 2.05) is 45.9 Å². The van der Waals surface area contributed by atoms with Gasteiger partial charge in [0.1, 0.15) is 12.6 Å². The van der Waals surface area contributed by atoms with E-state index in [4.69, 9.17) is 11.6 Å². The van der Waals surface area contributed by atoms with Crippen molar-refractivity contribution in [3.63, 3.8) is 0 Å². The fraction of sp³-hybridized carbons (Fsp3) is 0.500. The van der Waals surface area contributed by atoms with Crippen LogP contribution in [0.1, 0.15) is 39.3 Å². The van der Waals surface area contributed by atoms with Crippen LogP contribution in [0.15, 0.2) is 24.3 Å². The Kier molecular flexibility index (Phi) is 4.28. The van der Waals surface area contributed by atoms with E-state index in [9.17, 15) is 9.59 Å². The van der Waals surface area contributed by atoms with Crippen LogP contribution >= 0.6 is 11.6 Å². The van der Waals surface area contributed by atoms with Crippen molar-refractivity contribution in [3.8, 4) is 0 Å². The van der Waals surface area contributed by atoms with E-state index in [2.05, 4.69) is 5.32 Å². The highest BCUT2D eigenvalue weighted by atomic mass is 35.5. The fourth-order valence-corrected chi connectivity index (χ4v) is 2.86. The topological polar surface area (TPSA) is 49.4 Å². The van der Waals surface area contributed by atoms with E-state index in [1.54, 1.807) is 11.0 Å². The molecule has 2 rings (SSSR count). The molecule has 2 atom stereocenters. The maximum Gasteiger partial charge on any atom is 0.246 e. The molecule has 0 bridgehead atoms. The predicted octanol–water partition coefficient (Wildman–Crippen LogP) is 2.77. The van der Waals surface area contributed by atoms with E-state index >= 15 is 0 Å². The average molecular weight is 309 g/mol. The van der Waals surface area contributed by atoms with Gasteiger partial charge in [-0.05, 0) is 24.0 Å². The van der Waals surface area contributed by atoms with Crippen LogP contribution in [-0.4, -0.2) is 29.3 Å². The Morgan fingerprint density at radius 1 is 1.29 bits per heavy atom. The number of hydrogen-bond donors (Lipinski definition) is 1. The Hall–Kier alpha value is -1.55. The van der Waals surface area contributed by atoms with E-state index < -0.39 is 6.04 Å². The van der Waals surface area contributed by atoms with Crippen molar-refractivity contribution in [2.45, 2.75) is 39.8 Å². The Labute approximate surface area is 130 Å². The number of piperazine rings is 1. The molecule has 0 aliphatic carbocycles. The van der Waals surface area contributed by atoms with E-state index in [-0.39, 0.29) is 29.8 Å². The van der Waals surface area contributed by atoms with Crippen LogP contribution < -0.4 is 5.32 Å². The maximum absolute atomic E-state index is 12.7. The lowest BCUT2D eigenvalue weighted by atomic mass is 9.84. The number of carbonyl (C=O) groups excluding carboxylic acids is 2. The Morgan fingerprint density at radius 2 is 1.90 bits per heavy atom. The van der Waals surface area contributed by atoms with Crippen LogP contribution in [0.25, 0.3) is 0 Å². The van der Waals surface area contributed by atoms with E-state index in [0.717, 1.165) is 5.56 Å². The first-order valence-corrected chi connectivity index (χ1v) is 7.44. The summed E-state index contributed by atoms with van der Waals surface area (Å²) in [5.74, 6) is -0.192. The molecule has 1 N–H and O–H groups in total. The van der Waals surface area contributed by atoms with Crippen LogP contribution in [0.2, 0.25) is 5.02 Å². The van der Waals surface area contributed by atoms with Crippen molar-refractivity contribution in [3.05, 3.63) is 34.9 Å². The SMILES string of the molecule is CC(c1ccccc1Cl)N1CC(=O)NC(C(C)(C)C)C1=O. The van der Waals surface area contributed by atoms with Gasteiger partial charge in [0.25, 0.3) is 0 Å². The third-order valence-electron chi connectivity index (χ3n) is 3.84. The highest BCUT2D eigenvalue weighted by Gasteiger charge is 2.41. The number of amides is 2. The van der Waals surface area contributed by atoms with Gasteiger partial charge in [-0.1, -0.05) is 50.6 Å². The van der Waals surface area contributed by atoms with E-state index in [0.29, 0.717) is 5.02 Å². The molecule has 1 heterocycles. The quantitative estimate of drug-likeness (QED) is 0.913. The van der Waals surface area contributed by atoms with Gasteiger partial charge in [0.05, 0.1) is 6.04 Å². The number of halogens is 1. The van der Waals surface area contributed by atoms with Crippen LogP contribution in [0.5, 0.6) is 0 Å². The Balaban J connectivity index is 2.32. The molecule has 4 nitrogen and oxygen atoms in total. The normalized spacial score (nSPS) is 21.2. The molecule has 5 heteroatoms. The third kappa shape index (κ3) is 3.21. The molecule has 1 aromatic carbocycles. The maximum atomic E-state index is 12.7. The van der Waals surface area contributed by atoms with Gasteiger partial charge in [-0.15, -0.1) is 0 Å². The number of hydrogen-bond acceptors (Lipinski definition) is 2. The number of benzene rings is 1. The molecular weight excluding hydrogens is 288 g/mol. The van der Waals surface area contributed by atoms with Gasteiger partial charge in [-0.3, -0.25) is 9.59 Å². The first kappa shape index (κ1) is 15.8. The number of rotatable bonds is 2. The van der Waals surface area contributed by atoms with Crippen molar-refractivity contribution in [2.24, 2.45) is 5.41 Å². The van der Waals surface area contributed by atoms with Gasteiger partial charge in [0.2, 0.25) is 11.8 Å². The van der Waals surface area contributed by atoms with E-state index in [1.165, 1.54) is 0 Å². The monoisotopic (exact) mass is 308 g/mol. The van der Waals surface area contributed by atoms with Crippen LogP contribution in [0.4, 0.5) is 0 Å². The molecule has 0 saturated carbocycles. The standard InChI is InChI=1S/C16H21ClN2O2/c1-10(11-7-5-6-8-12(11)17)19-9-13(20)18-14(15(19)21)16(2,3)4/h5-8,10,14H,9H2,1-4H3,(H,18,20). The second-order valence-electron chi connectivity index (χ2n) is 6.53. The molecule has 0 radical (unpaired) electrons. The van der Waals surface area contributed by atoms with Gasteiger partial charge in [0, 0.05) is 5.02 Å². The van der Waals surface area contributed by atoms with Crippen molar-refractivity contribution in [1.82, 2.24) is 10.2 Å². The fourth-order valence-electron chi connectivity index (χ4n) is 2.56. The summed E-state index contributed by atoms with van der Waals surface area (Å²) in [4.78, 5) is 26.3. The summed E-state index contributed by atoms with van der Waals surface area (Å²) in [6, 6.07) is 6.67. The van der Waals surface area contributed by atoms with Crippen LogP contribution in [0, 0.1) is 5.41 Å². The molecule has 114 valence electrons. The van der Waals surface area contributed by atoms with Gasteiger partial charge >= 0.3 is 0 Å². The highest BCUT2D eigenvalue weighted by molar-refractivity contribution is 6.31. The zero-order valence-corrected chi connectivity index (χ0v) is 13.6. The second kappa shape index (κ2) is 5.68. The zero-order valence-electron chi connectivity index (χ0n) is 12.8. The largest absolute Gasteiger partial charge is 0.342 e. The average Bonchev–Trinajstić information content (AvgIpc) is 2.39. The minimum Gasteiger partial charge on any atom is -0.342 e. The van der Waals surface area contributed by atoms with Crippen molar-refractivity contribution < 1.29 is 9.59 Å². The number of nitrogens with one attached hydrogen (secondary N) is 1. The lowest BCUT2D eigenvalue weighted by Crippen LogP contribution is -2.62. The molecule has 1 aliphatic rings. The molecule has 2 amide bonds. The minimum atomic E-state index is -0.510. The zero-order chi connectivity index (χ0) is 15.8. The highest BCUT2D eigenvalue weighted by Crippen LogP contribution is 2.31. The van der Waals surface area contributed by atoms with Gasteiger partial charge in [0.15, 0.2) is 0 Å². The summed E-state index contributed by atoms with van der Waals surface area (Å²) in [6.07, 6.45) is 0. The molecule has 0 spiro atoms. The third-order valence-corrected chi connectivity index (χ3v) is 4.18. The van der Waals surface area contributed by atoms with Crippen LogP contribution in [-0.2, 0) is 9.59 Å². The van der Waals surface area contributed by atoms with Gasteiger partial charge < -0.3 is 10.2 Å². The molecule has 1 fully saturated rings. The van der Waals surface area contributed by atoms with Gasteiger partial charge in [-0.25, -0.2) is 0 Å². The summed E-state index contributed by atoms with van der Waals surface area (Å²) < 4.78 is 0. The van der Waals surface area contributed by atoms with Crippen molar-refractivity contribution in [2.75, 3.05) is 6.54 Å². The summed E-state index contributed by atoms with van der Waals surface area (Å²) in [5, 5.41) is 3.40.